The Morgan fingerprint density at radius 2 is 1.97 bits per heavy atom. The Bertz CT molecular complexity index is 1050. The minimum absolute atomic E-state index is 0.194. The summed E-state index contributed by atoms with van der Waals surface area (Å²) in [6, 6.07) is 4.55. The van der Waals surface area contributed by atoms with Crippen LogP contribution in [0.1, 0.15) is 43.0 Å². The van der Waals surface area contributed by atoms with Crippen LogP contribution in [0.4, 0.5) is 19.0 Å². The highest BCUT2D eigenvalue weighted by Crippen LogP contribution is 2.40. The molecule has 4 heterocycles. The number of aromatic nitrogens is 4. The van der Waals surface area contributed by atoms with Crippen molar-refractivity contribution in [3.63, 3.8) is 0 Å². The van der Waals surface area contributed by atoms with Gasteiger partial charge in [0.05, 0.1) is 12.3 Å². The molecule has 2 aliphatic rings. The second kappa shape index (κ2) is 7.45. The number of rotatable bonds is 5. The topological polar surface area (TPSA) is 55.5 Å². The second-order valence-electron chi connectivity index (χ2n) is 8.06. The van der Waals surface area contributed by atoms with Gasteiger partial charge in [-0.2, -0.15) is 18.3 Å². The van der Waals surface area contributed by atoms with Gasteiger partial charge in [0.2, 0.25) is 0 Å². The number of nitrogens with zero attached hydrogens (tertiary/aromatic N) is 5. The summed E-state index contributed by atoms with van der Waals surface area (Å²) in [5, 5.41) is 4.68. The largest absolute Gasteiger partial charge is 0.493 e. The lowest BCUT2D eigenvalue weighted by atomic mass is 9.99. The first-order chi connectivity index (χ1) is 14.5. The van der Waals surface area contributed by atoms with Crippen LogP contribution in [0.3, 0.4) is 0 Å². The van der Waals surface area contributed by atoms with Crippen LogP contribution in [0.2, 0.25) is 0 Å². The number of ether oxygens (including phenoxy) is 1. The second-order valence-corrected chi connectivity index (χ2v) is 8.06. The van der Waals surface area contributed by atoms with Gasteiger partial charge in [0.15, 0.2) is 5.82 Å². The quantitative estimate of drug-likeness (QED) is 0.619. The summed E-state index contributed by atoms with van der Waals surface area (Å²) >= 11 is 0. The summed E-state index contributed by atoms with van der Waals surface area (Å²) in [7, 11) is 0. The van der Waals surface area contributed by atoms with Crippen LogP contribution < -0.4 is 9.64 Å². The van der Waals surface area contributed by atoms with Gasteiger partial charge in [-0.15, -0.1) is 0 Å². The van der Waals surface area contributed by atoms with E-state index in [-0.39, 0.29) is 11.7 Å². The number of piperidine rings is 1. The standard InChI is InChI=1S/C21H22F3N5O/c22-21(23,24)19-10-16(5-6-25-19)30-13-14-2-1-8-28(12-14)20-18-11-17(15-3-4-15)27-29(18)9-7-26-20/h5-7,9-11,14-15H,1-4,8,12-13H2. The normalized spacial score (nSPS) is 20.0. The summed E-state index contributed by atoms with van der Waals surface area (Å²) in [5.41, 5.74) is 1.19. The molecule has 3 aromatic heterocycles. The van der Waals surface area contributed by atoms with E-state index in [0.29, 0.717) is 12.5 Å². The highest BCUT2D eigenvalue weighted by atomic mass is 19.4. The number of hydrogen-bond acceptors (Lipinski definition) is 5. The van der Waals surface area contributed by atoms with Crippen LogP contribution in [0.5, 0.6) is 5.75 Å². The van der Waals surface area contributed by atoms with Crippen molar-refractivity contribution in [3.8, 4) is 5.75 Å². The fraction of sp³-hybridized carbons (Fsp3) is 0.476. The number of fused-ring (bicyclic) bond motifs is 1. The van der Waals surface area contributed by atoms with E-state index in [1.807, 2.05) is 10.7 Å². The zero-order chi connectivity index (χ0) is 20.7. The molecule has 6 nitrogen and oxygen atoms in total. The lowest BCUT2D eigenvalue weighted by Crippen LogP contribution is -2.38. The third-order valence-electron chi connectivity index (χ3n) is 5.71. The molecule has 0 radical (unpaired) electrons. The molecule has 3 aromatic rings. The highest BCUT2D eigenvalue weighted by Gasteiger charge is 2.33. The van der Waals surface area contributed by atoms with Crippen LogP contribution >= 0.6 is 0 Å². The molecule has 30 heavy (non-hydrogen) atoms. The monoisotopic (exact) mass is 417 g/mol. The van der Waals surface area contributed by atoms with Gasteiger partial charge in [0, 0.05) is 49.6 Å². The molecular weight excluding hydrogens is 395 g/mol. The molecule has 1 aliphatic carbocycles. The van der Waals surface area contributed by atoms with Crippen molar-refractivity contribution in [2.24, 2.45) is 5.92 Å². The van der Waals surface area contributed by atoms with Crippen LogP contribution in [-0.2, 0) is 6.18 Å². The molecule has 0 aromatic carbocycles. The summed E-state index contributed by atoms with van der Waals surface area (Å²) in [5.74, 6) is 1.88. The Hall–Kier alpha value is -2.84. The number of pyridine rings is 1. The summed E-state index contributed by atoms with van der Waals surface area (Å²) in [6.07, 6.45) is 4.62. The first-order valence-electron chi connectivity index (χ1n) is 10.2. The minimum atomic E-state index is -4.48. The first kappa shape index (κ1) is 19.1. The Kier molecular flexibility index (Phi) is 4.75. The molecule has 0 bridgehead atoms. The van der Waals surface area contributed by atoms with Gasteiger partial charge >= 0.3 is 6.18 Å². The van der Waals surface area contributed by atoms with Gasteiger partial charge < -0.3 is 9.64 Å². The number of alkyl halides is 3. The lowest BCUT2D eigenvalue weighted by Gasteiger charge is -2.33. The molecule has 0 N–H and O–H groups in total. The van der Waals surface area contributed by atoms with E-state index in [4.69, 9.17) is 4.74 Å². The third-order valence-corrected chi connectivity index (χ3v) is 5.71. The predicted molar refractivity (Wildman–Crippen MR) is 105 cm³/mol. The molecule has 1 saturated heterocycles. The minimum Gasteiger partial charge on any atom is -0.493 e. The maximum absolute atomic E-state index is 12.8. The molecule has 9 heteroatoms. The molecule has 0 spiro atoms. The predicted octanol–water partition coefficient (Wildman–Crippen LogP) is 4.32. The summed E-state index contributed by atoms with van der Waals surface area (Å²) < 4.78 is 46.1. The third kappa shape index (κ3) is 3.93. The SMILES string of the molecule is FC(F)(F)c1cc(OCC2CCCN(c3nccn4nc(C5CC5)cc34)C2)ccn1. The smallest absolute Gasteiger partial charge is 0.433 e. The Morgan fingerprint density at radius 1 is 1.10 bits per heavy atom. The van der Waals surface area contributed by atoms with Crippen LogP contribution in [0.15, 0.2) is 36.8 Å². The van der Waals surface area contributed by atoms with Gasteiger partial charge in [0.25, 0.3) is 0 Å². The van der Waals surface area contributed by atoms with Crippen molar-refractivity contribution in [2.75, 3.05) is 24.6 Å². The zero-order valence-corrected chi connectivity index (χ0v) is 16.3. The van der Waals surface area contributed by atoms with Crippen LogP contribution in [0, 0.1) is 5.92 Å². The van der Waals surface area contributed by atoms with Gasteiger partial charge in [0.1, 0.15) is 17.0 Å². The summed E-state index contributed by atoms with van der Waals surface area (Å²) in [6.45, 7) is 1.99. The number of halogens is 3. The van der Waals surface area contributed by atoms with Gasteiger partial charge in [-0.3, -0.25) is 4.98 Å². The Balaban J connectivity index is 1.28. The van der Waals surface area contributed by atoms with E-state index in [1.54, 1.807) is 6.20 Å². The lowest BCUT2D eigenvalue weighted by molar-refractivity contribution is -0.141. The van der Waals surface area contributed by atoms with E-state index >= 15 is 0 Å². The van der Waals surface area contributed by atoms with Crippen molar-refractivity contribution in [1.82, 2.24) is 19.6 Å². The van der Waals surface area contributed by atoms with E-state index in [1.165, 1.54) is 18.9 Å². The fourth-order valence-corrected chi connectivity index (χ4v) is 4.01. The van der Waals surface area contributed by atoms with E-state index < -0.39 is 11.9 Å². The molecule has 1 aliphatic heterocycles. The molecule has 158 valence electrons. The highest BCUT2D eigenvalue weighted by molar-refractivity contribution is 5.69. The molecular formula is C21H22F3N5O. The van der Waals surface area contributed by atoms with Gasteiger partial charge in [-0.1, -0.05) is 0 Å². The van der Waals surface area contributed by atoms with E-state index in [0.717, 1.165) is 55.2 Å². The fourth-order valence-electron chi connectivity index (χ4n) is 4.01. The average molecular weight is 417 g/mol. The molecule has 1 saturated carbocycles. The maximum Gasteiger partial charge on any atom is 0.433 e. The Morgan fingerprint density at radius 3 is 2.77 bits per heavy atom. The average Bonchev–Trinajstić information content (AvgIpc) is 3.50. The summed E-state index contributed by atoms with van der Waals surface area (Å²) in [4.78, 5) is 10.2. The van der Waals surface area contributed by atoms with Crippen molar-refractivity contribution in [3.05, 3.63) is 48.2 Å². The molecule has 2 fully saturated rings. The van der Waals surface area contributed by atoms with E-state index in [2.05, 4.69) is 26.0 Å². The number of hydrogen-bond donors (Lipinski definition) is 0. The maximum atomic E-state index is 12.8. The zero-order valence-electron chi connectivity index (χ0n) is 16.3. The molecule has 1 unspecified atom stereocenters. The molecule has 0 amide bonds. The van der Waals surface area contributed by atoms with Gasteiger partial charge in [-0.05, 0) is 37.8 Å². The van der Waals surface area contributed by atoms with Crippen molar-refractivity contribution in [1.29, 1.82) is 0 Å². The first-order valence-corrected chi connectivity index (χ1v) is 10.2. The van der Waals surface area contributed by atoms with Crippen molar-refractivity contribution < 1.29 is 17.9 Å². The molecule has 5 rings (SSSR count). The number of anilines is 1. The Labute approximate surface area is 171 Å². The van der Waals surface area contributed by atoms with Crippen LogP contribution in [-0.4, -0.2) is 39.3 Å². The molecule has 1 atom stereocenters. The van der Waals surface area contributed by atoms with Crippen molar-refractivity contribution >= 4 is 11.3 Å². The van der Waals surface area contributed by atoms with Crippen LogP contribution in [0.25, 0.3) is 5.52 Å². The van der Waals surface area contributed by atoms with E-state index in [9.17, 15) is 13.2 Å². The van der Waals surface area contributed by atoms with Gasteiger partial charge in [-0.25, -0.2) is 9.50 Å². The van der Waals surface area contributed by atoms with Crippen molar-refractivity contribution in [2.45, 2.75) is 37.8 Å².